The number of nitrogens with one attached hydrogen (secondary N) is 1. The van der Waals surface area contributed by atoms with Crippen LogP contribution in [0.25, 0.3) is 0 Å². The number of halogens is 1. The van der Waals surface area contributed by atoms with Crippen molar-refractivity contribution in [1.29, 1.82) is 0 Å². The van der Waals surface area contributed by atoms with Gasteiger partial charge in [0.05, 0.1) is 6.04 Å². The molecule has 0 bridgehead atoms. The SMILES string of the molecule is Cc1ccc(SCCNC(=O)[C@H](C)N)cc1.Cl. The van der Waals surface area contributed by atoms with Crippen molar-refractivity contribution in [3.63, 3.8) is 0 Å². The maximum Gasteiger partial charge on any atom is 0.236 e. The predicted octanol–water partition coefficient (Wildman–Crippen LogP) is 1.97. The van der Waals surface area contributed by atoms with Crippen LogP contribution in [-0.2, 0) is 4.79 Å². The Morgan fingerprint density at radius 1 is 1.41 bits per heavy atom. The van der Waals surface area contributed by atoms with Crippen LogP contribution in [-0.4, -0.2) is 24.2 Å². The summed E-state index contributed by atoms with van der Waals surface area (Å²) < 4.78 is 0. The number of aryl methyl sites for hydroxylation is 1. The second kappa shape index (κ2) is 8.39. The van der Waals surface area contributed by atoms with Crippen LogP contribution in [0.1, 0.15) is 12.5 Å². The van der Waals surface area contributed by atoms with Gasteiger partial charge in [-0.05, 0) is 26.0 Å². The summed E-state index contributed by atoms with van der Waals surface area (Å²) in [6, 6.07) is 7.93. The molecule has 0 fully saturated rings. The zero-order valence-corrected chi connectivity index (χ0v) is 11.7. The van der Waals surface area contributed by atoms with Crippen molar-refractivity contribution in [2.24, 2.45) is 5.73 Å². The summed E-state index contributed by atoms with van der Waals surface area (Å²) in [5.41, 5.74) is 6.69. The Balaban J connectivity index is 0.00000256. The summed E-state index contributed by atoms with van der Waals surface area (Å²) in [6.07, 6.45) is 0. The third-order valence-electron chi connectivity index (χ3n) is 2.10. The summed E-state index contributed by atoms with van der Waals surface area (Å²) in [6.45, 7) is 4.40. The zero-order chi connectivity index (χ0) is 12.0. The van der Waals surface area contributed by atoms with Crippen LogP contribution in [0.2, 0.25) is 0 Å². The van der Waals surface area contributed by atoms with Gasteiger partial charge in [0.2, 0.25) is 5.91 Å². The molecule has 0 saturated heterocycles. The molecular weight excluding hydrogens is 256 g/mol. The summed E-state index contributed by atoms with van der Waals surface area (Å²) in [5.74, 6) is 0.770. The molecule has 0 spiro atoms. The largest absolute Gasteiger partial charge is 0.354 e. The third-order valence-corrected chi connectivity index (χ3v) is 3.12. The molecule has 0 aliphatic rings. The van der Waals surface area contributed by atoms with E-state index in [2.05, 4.69) is 36.5 Å². The maximum atomic E-state index is 11.2. The Morgan fingerprint density at radius 3 is 2.53 bits per heavy atom. The fourth-order valence-electron chi connectivity index (χ4n) is 1.14. The Kier molecular flexibility index (Phi) is 8.04. The highest BCUT2D eigenvalue weighted by Gasteiger charge is 2.05. The lowest BCUT2D eigenvalue weighted by Crippen LogP contribution is -2.39. The minimum atomic E-state index is -0.427. The normalized spacial score (nSPS) is 11.5. The van der Waals surface area contributed by atoms with E-state index in [1.165, 1.54) is 10.5 Å². The number of carbonyl (C=O) groups excluding carboxylic acids is 1. The van der Waals surface area contributed by atoms with Crippen molar-refractivity contribution < 1.29 is 4.79 Å². The summed E-state index contributed by atoms with van der Waals surface area (Å²) >= 11 is 1.73. The monoisotopic (exact) mass is 274 g/mol. The quantitative estimate of drug-likeness (QED) is 0.638. The molecule has 1 aromatic rings. The van der Waals surface area contributed by atoms with Crippen LogP contribution in [0.15, 0.2) is 29.2 Å². The summed E-state index contributed by atoms with van der Waals surface area (Å²) in [4.78, 5) is 12.4. The first-order valence-corrected chi connectivity index (χ1v) is 6.31. The molecule has 3 nitrogen and oxygen atoms in total. The second-order valence-corrected chi connectivity index (χ2v) is 4.91. The average molecular weight is 275 g/mol. The smallest absolute Gasteiger partial charge is 0.236 e. The van der Waals surface area contributed by atoms with Gasteiger partial charge in [0.1, 0.15) is 0 Å². The van der Waals surface area contributed by atoms with Gasteiger partial charge in [-0.15, -0.1) is 24.2 Å². The predicted molar refractivity (Wildman–Crippen MR) is 75.8 cm³/mol. The molecule has 3 N–H and O–H groups in total. The summed E-state index contributed by atoms with van der Waals surface area (Å²) in [7, 11) is 0. The first-order chi connectivity index (χ1) is 7.59. The van der Waals surface area contributed by atoms with Crippen molar-refractivity contribution in [2.75, 3.05) is 12.3 Å². The molecule has 0 heterocycles. The van der Waals surface area contributed by atoms with E-state index in [9.17, 15) is 4.79 Å². The molecule has 0 unspecified atom stereocenters. The number of carbonyl (C=O) groups is 1. The molecule has 96 valence electrons. The maximum absolute atomic E-state index is 11.2. The van der Waals surface area contributed by atoms with Crippen molar-refractivity contribution in [3.05, 3.63) is 29.8 Å². The van der Waals surface area contributed by atoms with Gasteiger partial charge >= 0.3 is 0 Å². The Bertz CT molecular complexity index is 341. The lowest BCUT2D eigenvalue weighted by Gasteiger charge is -2.07. The molecule has 0 aliphatic heterocycles. The van der Waals surface area contributed by atoms with E-state index >= 15 is 0 Å². The number of amides is 1. The lowest BCUT2D eigenvalue weighted by molar-refractivity contribution is -0.121. The third kappa shape index (κ3) is 6.56. The van der Waals surface area contributed by atoms with Crippen LogP contribution >= 0.6 is 24.2 Å². The van der Waals surface area contributed by atoms with Gasteiger partial charge in [0.25, 0.3) is 0 Å². The lowest BCUT2D eigenvalue weighted by atomic mass is 10.2. The molecule has 1 amide bonds. The fourth-order valence-corrected chi connectivity index (χ4v) is 1.91. The highest BCUT2D eigenvalue weighted by atomic mass is 35.5. The highest BCUT2D eigenvalue weighted by molar-refractivity contribution is 7.99. The number of hydrogen-bond donors (Lipinski definition) is 2. The number of hydrogen-bond acceptors (Lipinski definition) is 3. The molecule has 0 aliphatic carbocycles. The van der Waals surface area contributed by atoms with E-state index < -0.39 is 6.04 Å². The molecule has 1 atom stereocenters. The topological polar surface area (TPSA) is 55.1 Å². The van der Waals surface area contributed by atoms with Gasteiger partial charge < -0.3 is 11.1 Å². The van der Waals surface area contributed by atoms with Crippen molar-refractivity contribution in [1.82, 2.24) is 5.32 Å². The summed E-state index contributed by atoms with van der Waals surface area (Å²) in [5, 5.41) is 2.78. The average Bonchev–Trinajstić information content (AvgIpc) is 2.26. The van der Waals surface area contributed by atoms with E-state index in [0.717, 1.165) is 5.75 Å². The number of benzene rings is 1. The molecule has 1 aromatic carbocycles. The van der Waals surface area contributed by atoms with Crippen LogP contribution in [0.3, 0.4) is 0 Å². The molecule has 0 aromatic heterocycles. The second-order valence-electron chi connectivity index (χ2n) is 3.74. The Labute approximate surface area is 113 Å². The molecular formula is C12H19ClN2OS. The van der Waals surface area contributed by atoms with E-state index in [1.807, 2.05) is 0 Å². The number of nitrogens with two attached hydrogens (primary N) is 1. The van der Waals surface area contributed by atoms with Crippen LogP contribution in [0.4, 0.5) is 0 Å². The molecule has 5 heteroatoms. The minimum Gasteiger partial charge on any atom is -0.354 e. The molecule has 0 radical (unpaired) electrons. The zero-order valence-electron chi connectivity index (χ0n) is 10.1. The first-order valence-electron chi connectivity index (χ1n) is 5.32. The van der Waals surface area contributed by atoms with Crippen molar-refractivity contribution in [2.45, 2.75) is 24.8 Å². The number of rotatable bonds is 5. The van der Waals surface area contributed by atoms with Gasteiger partial charge in [-0.3, -0.25) is 4.79 Å². The Hall–Kier alpha value is -0.710. The van der Waals surface area contributed by atoms with Gasteiger partial charge in [-0.25, -0.2) is 0 Å². The highest BCUT2D eigenvalue weighted by Crippen LogP contribution is 2.17. The Morgan fingerprint density at radius 2 is 2.00 bits per heavy atom. The standard InChI is InChI=1S/C12H18N2OS.ClH/c1-9-3-5-11(6-4-9)16-8-7-14-12(15)10(2)13;/h3-6,10H,7-8,13H2,1-2H3,(H,14,15);1H/t10-;/m0./s1. The van der Waals surface area contributed by atoms with Crippen molar-refractivity contribution in [3.8, 4) is 0 Å². The van der Waals surface area contributed by atoms with E-state index in [0.29, 0.717) is 6.54 Å². The van der Waals surface area contributed by atoms with E-state index in [4.69, 9.17) is 5.73 Å². The first kappa shape index (κ1) is 16.3. The van der Waals surface area contributed by atoms with Gasteiger partial charge in [-0.2, -0.15) is 0 Å². The van der Waals surface area contributed by atoms with Gasteiger partial charge in [0.15, 0.2) is 0 Å². The molecule has 1 rings (SSSR count). The van der Waals surface area contributed by atoms with Gasteiger partial charge in [-0.1, -0.05) is 17.7 Å². The molecule has 17 heavy (non-hydrogen) atoms. The van der Waals surface area contributed by atoms with Crippen molar-refractivity contribution >= 4 is 30.1 Å². The fraction of sp³-hybridized carbons (Fsp3) is 0.417. The van der Waals surface area contributed by atoms with Crippen LogP contribution in [0, 0.1) is 6.92 Å². The number of thioether (sulfide) groups is 1. The van der Waals surface area contributed by atoms with Crippen LogP contribution in [0.5, 0.6) is 0 Å². The minimum absolute atomic E-state index is 0. The van der Waals surface area contributed by atoms with Crippen LogP contribution < -0.4 is 11.1 Å². The van der Waals surface area contributed by atoms with E-state index in [-0.39, 0.29) is 18.3 Å². The molecule has 0 saturated carbocycles. The van der Waals surface area contributed by atoms with Gasteiger partial charge in [0, 0.05) is 17.2 Å². The van der Waals surface area contributed by atoms with E-state index in [1.54, 1.807) is 18.7 Å².